The standard InChI is InChI=1S/C23H30N4O3/c1-17-14-27(15-18-7-4-3-5-8-18)16-21(17)26-23(29)25-20-10-6-9-19(13-20)22(28)24-11-12-30-2/h3-10,13,17,21H,11-12,14-16H2,1-2H3,(H,24,28)(H2,25,26,29). The molecule has 30 heavy (non-hydrogen) atoms. The van der Waals surface area contributed by atoms with Crippen molar-refractivity contribution >= 4 is 17.6 Å². The Hall–Kier alpha value is -2.90. The van der Waals surface area contributed by atoms with Gasteiger partial charge >= 0.3 is 6.03 Å². The highest BCUT2D eigenvalue weighted by Crippen LogP contribution is 2.19. The summed E-state index contributed by atoms with van der Waals surface area (Å²) in [7, 11) is 1.58. The van der Waals surface area contributed by atoms with Crippen LogP contribution in [0.5, 0.6) is 0 Å². The zero-order valence-corrected chi connectivity index (χ0v) is 17.6. The van der Waals surface area contributed by atoms with Gasteiger partial charge in [0.25, 0.3) is 5.91 Å². The van der Waals surface area contributed by atoms with Crippen LogP contribution >= 0.6 is 0 Å². The lowest BCUT2D eigenvalue weighted by Crippen LogP contribution is -2.42. The molecular formula is C23H30N4O3. The zero-order chi connectivity index (χ0) is 21.3. The first kappa shape index (κ1) is 21.8. The largest absolute Gasteiger partial charge is 0.383 e. The number of carbonyl (C=O) groups excluding carboxylic acids is 2. The summed E-state index contributed by atoms with van der Waals surface area (Å²) in [4.78, 5) is 27.0. The Morgan fingerprint density at radius 1 is 1.10 bits per heavy atom. The fourth-order valence-electron chi connectivity index (χ4n) is 3.67. The first-order valence-electron chi connectivity index (χ1n) is 10.3. The lowest BCUT2D eigenvalue weighted by molar-refractivity contribution is 0.0937. The third kappa shape index (κ3) is 6.30. The van der Waals surface area contributed by atoms with E-state index in [2.05, 4.69) is 39.9 Å². The molecule has 1 fully saturated rings. The number of methoxy groups -OCH3 is 1. The van der Waals surface area contributed by atoms with Gasteiger partial charge in [-0.05, 0) is 29.7 Å². The number of benzene rings is 2. The number of anilines is 1. The normalized spacial score (nSPS) is 18.7. The van der Waals surface area contributed by atoms with Crippen molar-refractivity contribution in [3.8, 4) is 0 Å². The highest BCUT2D eigenvalue weighted by molar-refractivity contribution is 5.96. The topological polar surface area (TPSA) is 82.7 Å². The third-order valence-electron chi connectivity index (χ3n) is 5.23. The number of carbonyl (C=O) groups is 2. The molecule has 1 saturated heterocycles. The van der Waals surface area contributed by atoms with Gasteiger partial charge in [-0.3, -0.25) is 9.69 Å². The SMILES string of the molecule is COCCNC(=O)c1cccc(NC(=O)NC2CN(Cc3ccccc3)CC2C)c1. The monoisotopic (exact) mass is 410 g/mol. The molecular weight excluding hydrogens is 380 g/mol. The fraction of sp³-hybridized carbons (Fsp3) is 0.391. The maximum Gasteiger partial charge on any atom is 0.319 e. The van der Waals surface area contributed by atoms with Crippen LogP contribution in [0.2, 0.25) is 0 Å². The van der Waals surface area contributed by atoms with Crippen molar-refractivity contribution in [1.29, 1.82) is 0 Å². The Morgan fingerprint density at radius 3 is 2.67 bits per heavy atom. The Labute approximate surface area is 177 Å². The molecule has 3 amide bonds. The molecule has 1 heterocycles. The van der Waals surface area contributed by atoms with Gasteiger partial charge in [-0.15, -0.1) is 0 Å². The van der Waals surface area contributed by atoms with Crippen molar-refractivity contribution in [2.24, 2.45) is 5.92 Å². The average molecular weight is 411 g/mol. The molecule has 2 aromatic rings. The average Bonchev–Trinajstić information content (AvgIpc) is 3.07. The minimum Gasteiger partial charge on any atom is -0.383 e. The van der Waals surface area contributed by atoms with Gasteiger partial charge in [-0.1, -0.05) is 43.3 Å². The summed E-state index contributed by atoms with van der Waals surface area (Å²) in [6, 6.07) is 17.1. The number of ether oxygens (including phenoxy) is 1. The molecule has 0 radical (unpaired) electrons. The smallest absolute Gasteiger partial charge is 0.319 e. The van der Waals surface area contributed by atoms with Crippen LogP contribution in [0.15, 0.2) is 54.6 Å². The van der Waals surface area contributed by atoms with Crippen LogP contribution in [0, 0.1) is 5.92 Å². The van der Waals surface area contributed by atoms with Crippen LogP contribution in [0.1, 0.15) is 22.8 Å². The maximum absolute atomic E-state index is 12.5. The van der Waals surface area contributed by atoms with Gasteiger partial charge in [0.1, 0.15) is 0 Å². The van der Waals surface area contributed by atoms with E-state index in [0.29, 0.717) is 30.3 Å². The van der Waals surface area contributed by atoms with Crippen LogP contribution in [-0.2, 0) is 11.3 Å². The van der Waals surface area contributed by atoms with Crippen LogP contribution < -0.4 is 16.0 Å². The van der Waals surface area contributed by atoms with Crippen molar-refractivity contribution in [3.05, 3.63) is 65.7 Å². The summed E-state index contributed by atoms with van der Waals surface area (Å²) < 4.78 is 4.93. The minimum absolute atomic E-state index is 0.0780. The van der Waals surface area contributed by atoms with E-state index in [4.69, 9.17) is 4.74 Å². The second kappa shape index (κ2) is 10.8. The highest BCUT2D eigenvalue weighted by atomic mass is 16.5. The molecule has 0 bridgehead atoms. The molecule has 3 N–H and O–H groups in total. The molecule has 7 nitrogen and oxygen atoms in total. The Morgan fingerprint density at radius 2 is 1.90 bits per heavy atom. The van der Waals surface area contributed by atoms with Gasteiger partial charge in [0.15, 0.2) is 0 Å². The van der Waals surface area contributed by atoms with Crippen LogP contribution in [0.3, 0.4) is 0 Å². The summed E-state index contributed by atoms with van der Waals surface area (Å²) in [5.74, 6) is 0.162. The second-order valence-electron chi connectivity index (χ2n) is 7.69. The molecule has 1 aliphatic heterocycles. The molecule has 0 aliphatic carbocycles. The fourth-order valence-corrected chi connectivity index (χ4v) is 3.67. The van der Waals surface area contributed by atoms with Gasteiger partial charge in [-0.2, -0.15) is 0 Å². The highest BCUT2D eigenvalue weighted by Gasteiger charge is 2.30. The van der Waals surface area contributed by atoms with Gasteiger partial charge in [0.2, 0.25) is 0 Å². The van der Waals surface area contributed by atoms with Crippen molar-refractivity contribution in [2.75, 3.05) is 38.7 Å². The van der Waals surface area contributed by atoms with E-state index in [-0.39, 0.29) is 18.0 Å². The van der Waals surface area contributed by atoms with Gasteiger partial charge < -0.3 is 20.7 Å². The quantitative estimate of drug-likeness (QED) is 0.585. The summed E-state index contributed by atoms with van der Waals surface area (Å²) in [5, 5.41) is 8.69. The summed E-state index contributed by atoms with van der Waals surface area (Å²) in [6.07, 6.45) is 0. The van der Waals surface area contributed by atoms with Crippen LogP contribution in [0.25, 0.3) is 0 Å². The van der Waals surface area contributed by atoms with E-state index in [1.807, 2.05) is 18.2 Å². The van der Waals surface area contributed by atoms with Gasteiger partial charge in [0.05, 0.1) is 6.61 Å². The molecule has 0 saturated carbocycles. The molecule has 0 spiro atoms. The molecule has 160 valence electrons. The number of hydrogen-bond donors (Lipinski definition) is 3. The molecule has 2 atom stereocenters. The Balaban J connectivity index is 1.50. The minimum atomic E-state index is -0.259. The lowest BCUT2D eigenvalue weighted by atomic mass is 10.1. The van der Waals surface area contributed by atoms with Crippen molar-refractivity contribution in [3.63, 3.8) is 0 Å². The van der Waals surface area contributed by atoms with Crippen LogP contribution in [0.4, 0.5) is 10.5 Å². The Kier molecular flexibility index (Phi) is 7.82. The number of likely N-dealkylation sites (tertiary alicyclic amines) is 1. The molecule has 3 rings (SSSR count). The molecule has 2 aromatic carbocycles. The van der Waals surface area contributed by atoms with Crippen molar-refractivity contribution in [1.82, 2.24) is 15.5 Å². The number of hydrogen-bond acceptors (Lipinski definition) is 4. The van der Waals surface area contributed by atoms with E-state index < -0.39 is 0 Å². The number of rotatable bonds is 8. The maximum atomic E-state index is 12.5. The summed E-state index contributed by atoms with van der Waals surface area (Å²) in [5.41, 5.74) is 2.35. The summed E-state index contributed by atoms with van der Waals surface area (Å²) >= 11 is 0. The lowest BCUT2D eigenvalue weighted by Gasteiger charge is -2.18. The first-order valence-corrected chi connectivity index (χ1v) is 10.3. The van der Waals surface area contributed by atoms with E-state index in [9.17, 15) is 9.59 Å². The number of urea groups is 1. The van der Waals surface area contributed by atoms with Gasteiger partial charge in [-0.25, -0.2) is 4.79 Å². The van der Waals surface area contributed by atoms with E-state index in [0.717, 1.165) is 19.6 Å². The first-order chi connectivity index (χ1) is 14.5. The molecule has 7 heteroatoms. The molecule has 0 aromatic heterocycles. The second-order valence-corrected chi connectivity index (χ2v) is 7.69. The zero-order valence-electron chi connectivity index (χ0n) is 17.6. The van der Waals surface area contributed by atoms with Crippen LogP contribution in [-0.4, -0.2) is 56.2 Å². The predicted molar refractivity (Wildman–Crippen MR) is 117 cm³/mol. The van der Waals surface area contributed by atoms with Gasteiger partial charge in [0, 0.05) is 50.6 Å². The number of nitrogens with one attached hydrogen (secondary N) is 3. The summed E-state index contributed by atoms with van der Waals surface area (Å²) in [6.45, 7) is 5.67. The number of amides is 3. The predicted octanol–water partition coefficient (Wildman–Crippen LogP) is 2.70. The van der Waals surface area contributed by atoms with Crippen molar-refractivity contribution < 1.29 is 14.3 Å². The third-order valence-corrected chi connectivity index (χ3v) is 5.23. The van der Waals surface area contributed by atoms with Crippen molar-refractivity contribution in [2.45, 2.75) is 19.5 Å². The Bertz CT molecular complexity index is 843. The van der Waals surface area contributed by atoms with E-state index >= 15 is 0 Å². The number of nitrogens with zero attached hydrogens (tertiary/aromatic N) is 1. The van der Waals surface area contributed by atoms with E-state index in [1.54, 1.807) is 31.4 Å². The molecule has 2 unspecified atom stereocenters. The van der Waals surface area contributed by atoms with E-state index in [1.165, 1.54) is 5.56 Å². The molecule has 1 aliphatic rings.